The molecular formula is C30H22Fe. The molecule has 0 aromatic heterocycles. The van der Waals surface area contributed by atoms with Crippen LogP contribution in [0.5, 0.6) is 0 Å². The minimum absolute atomic E-state index is 1.05. The summed E-state index contributed by atoms with van der Waals surface area (Å²) in [4.78, 5) is 0. The Hall–Kier alpha value is -3.12. The van der Waals surface area contributed by atoms with E-state index in [4.69, 9.17) is 0 Å². The molecule has 0 nitrogen and oxygen atoms in total. The molecule has 150 valence electrons. The van der Waals surface area contributed by atoms with Crippen molar-refractivity contribution in [1.29, 1.82) is 0 Å². The van der Waals surface area contributed by atoms with Crippen LogP contribution in [0.1, 0.15) is 24.0 Å². The molecular weight excluding hydrogens is 416 g/mol. The number of hydrogen-bond acceptors (Lipinski definition) is 0. The van der Waals surface area contributed by atoms with Gasteiger partial charge in [0, 0.05) is 0 Å². The maximum absolute atomic E-state index is 2.34. The molecule has 6 rings (SSSR count). The van der Waals surface area contributed by atoms with E-state index in [0.29, 0.717) is 0 Å². The van der Waals surface area contributed by atoms with Crippen LogP contribution in [0.15, 0.2) is 118 Å². The topological polar surface area (TPSA) is 0 Å². The molecule has 0 aliphatic heterocycles. The Bertz CT molecular complexity index is 1320. The molecule has 0 amide bonds. The zero-order valence-corrected chi connectivity index (χ0v) is 18.3. The van der Waals surface area contributed by atoms with Crippen LogP contribution in [-0.4, -0.2) is 0 Å². The van der Waals surface area contributed by atoms with Gasteiger partial charge in [-0.2, -0.15) is 0 Å². The summed E-state index contributed by atoms with van der Waals surface area (Å²) < 4.78 is 3.03. The summed E-state index contributed by atoms with van der Waals surface area (Å²) in [7, 11) is 0. The van der Waals surface area contributed by atoms with E-state index < -0.39 is 0 Å². The average Bonchev–Trinajstić information content (AvgIpc) is 3.48. The van der Waals surface area contributed by atoms with Gasteiger partial charge < -0.3 is 0 Å². The Morgan fingerprint density at radius 2 is 0.903 bits per heavy atom. The molecule has 0 radical (unpaired) electrons. The minimum atomic E-state index is 1.05. The average molecular weight is 438 g/mol. The van der Waals surface area contributed by atoms with Crippen LogP contribution in [0.3, 0.4) is 0 Å². The van der Waals surface area contributed by atoms with E-state index in [1.165, 1.54) is 52.8 Å². The van der Waals surface area contributed by atoms with Crippen molar-refractivity contribution in [3.05, 3.63) is 129 Å². The van der Waals surface area contributed by atoms with Crippen molar-refractivity contribution in [3.63, 3.8) is 0 Å². The fourth-order valence-corrected chi connectivity index (χ4v) is 6.06. The second-order valence-electron chi connectivity index (χ2n) is 8.07. The molecule has 0 saturated heterocycles. The molecule has 0 fully saturated rings. The van der Waals surface area contributed by atoms with Crippen LogP contribution in [0.4, 0.5) is 0 Å². The van der Waals surface area contributed by atoms with Gasteiger partial charge in [-0.25, -0.2) is 0 Å². The van der Waals surface area contributed by atoms with Crippen molar-refractivity contribution in [2.45, 2.75) is 12.8 Å². The molecule has 2 aliphatic rings. The first-order valence-electron chi connectivity index (χ1n) is 10.7. The summed E-state index contributed by atoms with van der Waals surface area (Å²) in [5.41, 5.74) is 5.62. The fourth-order valence-electron chi connectivity index (χ4n) is 4.62. The number of benzene rings is 4. The third kappa shape index (κ3) is 3.51. The predicted octanol–water partition coefficient (Wildman–Crippen LogP) is 8.12. The number of fused-ring (bicyclic) bond motifs is 2. The van der Waals surface area contributed by atoms with Gasteiger partial charge in [0.1, 0.15) is 0 Å². The molecule has 0 saturated carbocycles. The van der Waals surface area contributed by atoms with Crippen molar-refractivity contribution in [2.75, 3.05) is 0 Å². The van der Waals surface area contributed by atoms with Gasteiger partial charge in [0.05, 0.1) is 0 Å². The van der Waals surface area contributed by atoms with Gasteiger partial charge in [-0.15, -0.1) is 0 Å². The molecule has 2 aliphatic carbocycles. The van der Waals surface area contributed by atoms with E-state index in [1.54, 1.807) is 0 Å². The predicted molar refractivity (Wildman–Crippen MR) is 129 cm³/mol. The molecule has 1 heteroatoms. The number of rotatable bonds is 4. The third-order valence-electron chi connectivity index (χ3n) is 6.13. The Kier molecular flexibility index (Phi) is 4.72. The molecule has 0 heterocycles. The van der Waals surface area contributed by atoms with Crippen LogP contribution >= 0.6 is 0 Å². The molecule has 31 heavy (non-hydrogen) atoms. The van der Waals surface area contributed by atoms with Gasteiger partial charge in [-0.1, -0.05) is 0 Å². The van der Waals surface area contributed by atoms with Crippen LogP contribution in [0.25, 0.3) is 32.7 Å². The zero-order valence-electron chi connectivity index (χ0n) is 17.2. The first-order valence-corrected chi connectivity index (χ1v) is 11.8. The summed E-state index contributed by atoms with van der Waals surface area (Å²) in [5, 5.41) is 5.34. The van der Waals surface area contributed by atoms with Crippen molar-refractivity contribution in [1.82, 2.24) is 0 Å². The van der Waals surface area contributed by atoms with Crippen LogP contribution in [0, 0.1) is 0 Å². The van der Waals surface area contributed by atoms with E-state index in [9.17, 15) is 0 Å². The summed E-state index contributed by atoms with van der Waals surface area (Å²) >= 11 is 1.07. The monoisotopic (exact) mass is 438 g/mol. The summed E-state index contributed by atoms with van der Waals surface area (Å²) in [6.07, 6.45) is 11.4. The van der Waals surface area contributed by atoms with E-state index in [2.05, 4.69) is 109 Å². The Morgan fingerprint density at radius 1 is 0.452 bits per heavy atom. The molecule has 0 N–H and O–H groups in total. The second kappa shape index (κ2) is 7.85. The SMILES string of the molecule is C1=[C]([Fe][C]2=CC=C(c3cccc4ccccc34)C2)CC(c2cccc3ccccc23)=C1. The molecule has 4 aromatic rings. The van der Waals surface area contributed by atoms with Gasteiger partial charge in [-0.3, -0.25) is 0 Å². The fraction of sp³-hybridized carbons (Fsp3) is 0.0667. The molecule has 0 atom stereocenters. The second-order valence-corrected chi connectivity index (χ2v) is 9.77. The van der Waals surface area contributed by atoms with Gasteiger partial charge in [0.15, 0.2) is 0 Å². The van der Waals surface area contributed by atoms with Gasteiger partial charge >= 0.3 is 190 Å². The van der Waals surface area contributed by atoms with E-state index in [0.717, 1.165) is 27.8 Å². The van der Waals surface area contributed by atoms with Crippen LogP contribution in [0.2, 0.25) is 0 Å². The van der Waals surface area contributed by atoms with E-state index in [-0.39, 0.29) is 0 Å². The van der Waals surface area contributed by atoms with Crippen LogP contribution < -0.4 is 0 Å². The van der Waals surface area contributed by atoms with Gasteiger partial charge in [0.2, 0.25) is 0 Å². The van der Waals surface area contributed by atoms with Crippen molar-refractivity contribution in [3.8, 4) is 0 Å². The molecule has 4 aromatic carbocycles. The quantitative estimate of drug-likeness (QED) is 0.282. The Morgan fingerprint density at radius 3 is 1.42 bits per heavy atom. The molecule has 0 spiro atoms. The standard InChI is InChI=1S/2C15H11.Fe/c2*1-2-7-12(6-1)15-11-5-9-13-8-3-4-10-14(13)15;/h2*1,3-6,8-11H,7H2;. The van der Waals surface area contributed by atoms with Gasteiger partial charge in [0.25, 0.3) is 0 Å². The molecule has 0 unspecified atom stereocenters. The third-order valence-corrected chi connectivity index (χ3v) is 7.60. The van der Waals surface area contributed by atoms with Crippen molar-refractivity contribution < 1.29 is 15.0 Å². The van der Waals surface area contributed by atoms with Crippen molar-refractivity contribution in [2.24, 2.45) is 0 Å². The zero-order chi connectivity index (χ0) is 20.6. The summed E-state index contributed by atoms with van der Waals surface area (Å²) in [6.45, 7) is 0. The maximum atomic E-state index is 2.34. The van der Waals surface area contributed by atoms with E-state index >= 15 is 0 Å². The Balaban J connectivity index is 1.16. The van der Waals surface area contributed by atoms with Crippen molar-refractivity contribution >= 4 is 32.7 Å². The van der Waals surface area contributed by atoms with Crippen LogP contribution in [-0.2, 0) is 15.0 Å². The summed E-state index contributed by atoms with van der Waals surface area (Å²) in [5.74, 6) is 0. The van der Waals surface area contributed by atoms with Gasteiger partial charge in [-0.05, 0) is 0 Å². The first-order chi connectivity index (χ1) is 15.3. The normalized spacial score (nSPS) is 15.9. The summed E-state index contributed by atoms with van der Waals surface area (Å²) in [6, 6.07) is 30.7. The Labute approximate surface area is 189 Å². The van der Waals surface area contributed by atoms with E-state index in [1.807, 2.05) is 0 Å². The molecule has 0 bridgehead atoms. The number of hydrogen-bond donors (Lipinski definition) is 0. The number of allylic oxidation sites excluding steroid dienone is 8. The first kappa shape index (κ1) is 18.6.